The van der Waals surface area contributed by atoms with Gasteiger partial charge in [0.05, 0.1) is 6.20 Å². The predicted octanol–water partition coefficient (Wildman–Crippen LogP) is 5.87. The van der Waals surface area contributed by atoms with Gasteiger partial charge in [-0.1, -0.05) is 24.3 Å². The fourth-order valence-electron chi connectivity index (χ4n) is 6.01. The summed E-state index contributed by atoms with van der Waals surface area (Å²) in [4.78, 5) is 36.9. The zero-order chi connectivity index (χ0) is 33.1. The van der Waals surface area contributed by atoms with Crippen molar-refractivity contribution in [2.75, 3.05) is 14.1 Å². The molecule has 2 aromatic carbocycles. The van der Waals surface area contributed by atoms with E-state index in [2.05, 4.69) is 20.6 Å². The first-order chi connectivity index (χ1) is 22.6. The van der Waals surface area contributed by atoms with Crippen molar-refractivity contribution in [3.63, 3.8) is 0 Å². The van der Waals surface area contributed by atoms with E-state index in [1.165, 1.54) is 0 Å². The molecule has 0 spiro atoms. The summed E-state index contributed by atoms with van der Waals surface area (Å²) >= 11 is 0. The quantitative estimate of drug-likeness (QED) is 0.185. The second-order valence-corrected chi connectivity index (χ2v) is 12.2. The van der Waals surface area contributed by atoms with Gasteiger partial charge in [-0.25, -0.2) is 14.4 Å². The first-order valence-electron chi connectivity index (χ1n) is 15.6. The van der Waals surface area contributed by atoms with E-state index in [0.717, 1.165) is 40.3 Å². The van der Waals surface area contributed by atoms with Crippen LogP contribution in [0.15, 0.2) is 79.1 Å². The molecular weight excluding hydrogens is 599 g/mol. The zero-order valence-electron chi connectivity index (χ0n) is 26.5. The van der Waals surface area contributed by atoms with Crippen molar-refractivity contribution in [3.8, 4) is 28.5 Å². The third-order valence-corrected chi connectivity index (χ3v) is 8.32. The maximum Gasteiger partial charge on any atom is 0.271 e. The molecule has 47 heavy (non-hydrogen) atoms. The number of carbonyl (C=O) groups is 2. The van der Waals surface area contributed by atoms with Crippen LogP contribution in [0.3, 0.4) is 0 Å². The minimum atomic E-state index is -0.651. The van der Waals surface area contributed by atoms with Crippen LogP contribution in [0.25, 0.3) is 16.8 Å². The van der Waals surface area contributed by atoms with Gasteiger partial charge in [-0.05, 0) is 106 Å². The number of hydrogen-bond acceptors (Lipinski definition) is 7. The van der Waals surface area contributed by atoms with E-state index in [9.17, 15) is 19.1 Å². The lowest BCUT2D eigenvalue weighted by Gasteiger charge is -2.29. The molecular formula is C36H37FN6O4. The maximum atomic E-state index is 14.3. The van der Waals surface area contributed by atoms with Gasteiger partial charge in [0.15, 0.2) is 0 Å². The molecule has 1 saturated carbocycles. The van der Waals surface area contributed by atoms with Crippen molar-refractivity contribution in [2.24, 2.45) is 0 Å². The molecule has 1 aliphatic rings. The first-order valence-corrected chi connectivity index (χ1v) is 15.6. The molecule has 1 fully saturated rings. The fourth-order valence-corrected chi connectivity index (χ4v) is 6.01. The molecule has 0 aliphatic heterocycles. The van der Waals surface area contributed by atoms with Gasteiger partial charge in [-0.3, -0.25) is 9.59 Å². The second kappa shape index (κ2) is 13.6. The molecule has 0 saturated heterocycles. The Kier molecular flexibility index (Phi) is 9.17. The zero-order valence-corrected chi connectivity index (χ0v) is 26.5. The Labute approximate surface area is 272 Å². The summed E-state index contributed by atoms with van der Waals surface area (Å²) in [5, 5.41) is 16.1. The highest BCUT2D eigenvalue weighted by atomic mass is 19.1. The normalized spacial score (nSPS) is 16.3. The highest BCUT2D eigenvalue weighted by Crippen LogP contribution is 2.32. The van der Waals surface area contributed by atoms with E-state index in [1.807, 2.05) is 72.8 Å². The lowest BCUT2D eigenvalue weighted by Crippen LogP contribution is -2.44. The molecule has 2 amide bonds. The number of rotatable bonds is 9. The van der Waals surface area contributed by atoms with Gasteiger partial charge < -0.3 is 29.8 Å². The van der Waals surface area contributed by atoms with Crippen LogP contribution in [0.4, 0.5) is 4.39 Å². The number of phenolic OH excluding ortho intramolecular Hbond substituents is 1. The minimum absolute atomic E-state index is 0.00842. The van der Waals surface area contributed by atoms with Gasteiger partial charge in [-0.2, -0.15) is 0 Å². The first kappa shape index (κ1) is 31.7. The number of pyridine rings is 2. The molecule has 1 aliphatic carbocycles. The summed E-state index contributed by atoms with van der Waals surface area (Å²) in [7, 11) is 3.91. The van der Waals surface area contributed by atoms with Crippen LogP contribution < -0.4 is 15.4 Å². The summed E-state index contributed by atoms with van der Waals surface area (Å²) < 4.78 is 22.3. The molecule has 0 atom stereocenters. The van der Waals surface area contributed by atoms with E-state index in [0.29, 0.717) is 43.7 Å². The Morgan fingerprint density at radius 1 is 0.979 bits per heavy atom. The monoisotopic (exact) mass is 636 g/mol. The molecule has 3 heterocycles. The Bertz CT molecular complexity index is 1930. The predicted molar refractivity (Wildman–Crippen MR) is 176 cm³/mol. The highest BCUT2D eigenvalue weighted by molar-refractivity contribution is 5.96. The van der Waals surface area contributed by atoms with Gasteiger partial charge in [-0.15, -0.1) is 0 Å². The van der Waals surface area contributed by atoms with Gasteiger partial charge in [0, 0.05) is 30.5 Å². The van der Waals surface area contributed by atoms with Crippen LogP contribution >= 0.6 is 0 Å². The number of imidazole rings is 1. The van der Waals surface area contributed by atoms with Crippen molar-refractivity contribution in [3.05, 3.63) is 107 Å². The van der Waals surface area contributed by atoms with Crippen LogP contribution in [0.5, 0.6) is 17.4 Å². The van der Waals surface area contributed by atoms with Crippen molar-refractivity contribution in [1.82, 2.24) is 29.9 Å². The molecule has 6 rings (SSSR count). The van der Waals surface area contributed by atoms with E-state index < -0.39 is 11.7 Å². The van der Waals surface area contributed by atoms with Crippen LogP contribution in [0.1, 0.15) is 57.8 Å². The van der Waals surface area contributed by atoms with Crippen LogP contribution in [-0.4, -0.2) is 62.4 Å². The summed E-state index contributed by atoms with van der Waals surface area (Å²) in [5.41, 5.74) is 4.78. The van der Waals surface area contributed by atoms with Crippen LogP contribution in [-0.2, 0) is 6.54 Å². The number of amides is 2. The summed E-state index contributed by atoms with van der Waals surface area (Å²) in [6, 6.07) is 19.2. The number of ether oxygens (including phenoxy) is 1. The van der Waals surface area contributed by atoms with Gasteiger partial charge >= 0.3 is 0 Å². The van der Waals surface area contributed by atoms with E-state index in [-0.39, 0.29) is 35.2 Å². The maximum absolute atomic E-state index is 14.3. The highest BCUT2D eigenvalue weighted by Gasteiger charge is 2.26. The van der Waals surface area contributed by atoms with Crippen LogP contribution in [0, 0.1) is 12.7 Å². The van der Waals surface area contributed by atoms with Crippen molar-refractivity contribution < 1.29 is 23.8 Å². The number of nitrogens with zero attached hydrogens (tertiary/aromatic N) is 4. The minimum Gasteiger partial charge on any atom is -0.508 e. The Hall–Kier alpha value is -5.29. The molecule has 0 unspecified atom stereocenters. The molecule has 3 aromatic heterocycles. The van der Waals surface area contributed by atoms with Crippen molar-refractivity contribution >= 4 is 17.5 Å². The fraction of sp³-hybridized carbons (Fsp3) is 0.278. The number of halogens is 1. The third kappa shape index (κ3) is 7.41. The number of benzene rings is 2. The lowest BCUT2D eigenvalue weighted by atomic mass is 9.91. The number of hydrogen-bond donors (Lipinski definition) is 3. The van der Waals surface area contributed by atoms with Crippen LogP contribution in [0.2, 0.25) is 0 Å². The Morgan fingerprint density at radius 2 is 1.70 bits per heavy atom. The average Bonchev–Trinajstić information content (AvgIpc) is 3.49. The largest absolute Gasteiger partial charge is 0.508 e. The Balaban J connectivity index is 1.10. The van der Waals surface area contributed by atoms with Crippen molar-refractivity contribution in [2.45, 2.75) is 51.2 Å². The molecule has 3 N–H and O–H groups in total. The topological polar surface area (TPSA) is 121 Å². The summed E-state index contributed by atoms with van der Waals surface area (Å²) in [5.74, 6) is -0.762. The smallest absolute Gasteiger partial charge is 0.271 e. The molecule has 0 radical (unpaired) electrons. The third-order valence-electron chi connectivity index (χ3n) is 8.32. The number of aryl methyl sites for hydroxylation is 1. The molecule has 11 heteroatoms. The number of aromatic hydroxyl groups is 1. The number of phenols is 1. The average molecular weight is 637 g/mol. The lowest BCUT2D eigenvalue weighted by molar-refractivity contribution is 0.0888. The molecule has 0 bridgehead atoms. The van der Waals surface area contributed by atoms with Gasteiger partial charge in [0.25, 0.3) is 11.8 Å². The van der Waals surface area contributed by atoms with Crippen molar-refractivity contribution in [1.29, 1.82) is 0 Å². The standard InChI is InChI=1S/C36H37FN6O4/c1-22-6-4-9-33-41-32(21-43(22)33)35(46)40-27-12-10-26(11-13-27)39-34(45)31-18-25(37)19-38-36(31)47-29-8-5-7-23(17-29)30-15-14-28(44)16-24(30)20-42(2)3/h4-9,14-19,21,26-27,44H,10-13,20H2,1-3H3,(H,39,45)(H,40,46)/t26-,27-. The van der Waals surface area contributed by atoms with E-state index in [1.54, 1.807) is 24.4 Å². The SMILES string of the molecule is Cc1cccc2nc(C(=O)N[C@H]3CC[C@H](NC(=O)c4cc(F)cnc4Oc4cccc(-c5ccc(O)cc5CN(C)C)c4)CC3)cn12. The number of carbonyl (C=O) groups excluding carboxylic acids is 2. The van der Waals surface area contributed by atoms with E-state index in [4.69, 9.17) is 4.74 Å². The van der Waals surface area contributed by atoms with Gasteiger partial charge in [0.2, 0.25) is 5.88 Å². The molecule has 10 nitrogen and oxygen atoms in total. The number of aromatic nitrogens is 3. The van der Waals surface area contributed by atoms with E-state index >= 15 is 0 Å². The number of fused-ring (bicyclic) bond motifs is 1. The number of nitrogens with one attached hydrogen (secondary N) is 2. The van der Waals surface area contributed by atoms with Gasteiger partial charge in [0.1, 0.15) is 34.2 Å². The summed E-state index contributed by atoms with van der Waals surface area (Å²) in [6.45, 7) is 2.58. The molecule has 5 aromatic rings. The second-order valence-electron chi connectivity index (χ2n) is 12.2. The molecule has 242 valence electrons. The Morgan fingerprint density at radius 3 is 2.43 bits per heavy atom. The summed E-state index contributed by atoms with van der Waals surface area (Å²) in [6.07, 6.45) is 5.39.